The van der Waals surface area contributed by atoms with E-state index in [2.05, 4.69) is 15.6 Å². The minimum atomic E-state index is 0.447. The number of nitrogens with one attached hydrogen (secondary N) is 1. The van der Waals surface area contributed by atoms with Crippen LogP contribution in [-0.4, -0.2) is 34.4 Å². The minimum absolute atomic E-state index is 0.447. The third-order valence-electron chi connectivity index (χ3n) is 2.88. The lowest BCUT2D eigenvalue weighted by atomic mass is 10.2. The molecule has 1 aromatic heterocycles. The summed E-state index contributed by atoms with van der Waals surface area (Å²) in [5, 5.41) is 11.4. The van der Waals surface area contributed by atoms with Crippen LogP contribution < -0.4 is 10.2 Å². The molecule has 0 unspecified atom stereocenters. The fourth-order valence-corrected chi connectivity index (χ4v) is 2.00. The average molecular weight is 218 g/mol. The molecular formula is C11H14N4O. The number of benzene rings is 1. The molecule has 1 aliphatic rings. The van der Waals surface area contributed by atoms with Crippen LogP contribution >= 0.6 is 0 Å². The first-order valence-corrected chi connectivity index (χ1v) is 5.60. The van der Waals surface area contributed by atoms with E-state index in [-0.39, 0.29) is 0 Å². The van der Waals surface area contributed by atoms with E-state index < -0.39 is 0 Å². The molecule has 0 aliphatic carbocycles. The second kappa shape index (κ2) is 4.09. The molecule has 0 spiro atoms. The quantitative estimate of drug-likeness (QED) is 0.820. The highest BCUT2D eigenvalue weighted by Gasteiger charge is 2.15. The Balaban J connectivity index is 1.73. The molecule has 1 fully saturated rings. The number of hydrogen-bond donors (Lipinski definition) is 1. The number of hydrogen-bond acceptors (Lipinski definition) is 4. The molecule has 5 nitrogen and oxygen atoms in total. The van der Waals surface area contributed by atoms with Gasteiger partial charge in [0.15, 0.2) is 0 Å². The summed E-state index contributed by atoms with van der Waals surface area (Å²) in [6, 6.07) is 8.23. The molecular weight excluding hydrogens is 204 g/mol. The van der Waals surface area contributed by atoms with Gasteiger partial charge in [-0.3, -0.25) is 0 Å². The smallest absolute Gasteiger partial charge is 0.132 e. The van der Waals surface area contributed by atoms with Gasteiger partial charge in [0.1, 0.15) is 17.6 Å². The minimum Gasteiger partial charge on any atom is -0.393 e. The Bertz CT molecular complexity index is 476. The molecule has 1 aromatic carbocycles. The topological polar surface area (TPSA) is 52.0 Å². The lowest BCUT2D eigenvalue weighted by molar-refractivity contribution is 0.0739. The maximum Gasteiger partial charge on any atom is 0.132 e. The Kier molecular flexibility index (Phi) is 2.46. The molecule has 1 saturated heterocycles. The summed E-state index contributed by atoms with van der Waals surface area (Å²) in [5.41, 5.74) is 1.78. The first kappa shape index (κ1) is 9.59. The molecule has 0 radical (unpaired) electrons. The summed E-state index contributed by atoms with van der Waals surface area (Å²) in [5.74, 6) is 0. The Morgan fingerprint density at radius 2 is 2.38 bits per heavy atom. The molecule has 84 valence electrons. The maximum absolute atomic E-state index is 5.62. The molecule has 2 heterocycles. The highest BCUT2D eigenvalue weighted by atomic mass is 16.7. The SMILES string of the molecule is c1ccc2c(c1)nnn2OC[C@@H]1CCCN1. The van der Waals surface area contributed by atoms with E-state index in [1.54, 1.807) is 0 Å². The van der Waals surface area contributed by atoms with Gasteiger partial charge in [-0.25, -0.2) is 0 Å². The zero-order chi connectivity index (χ0) is 10.8. The van der Waals surface area contributed by atoms with Crippen LogP contribution in [0.4, 0.5) is 0 Å². The standard InChI is InChI=1S/C11H14N4O/c1-2-6-11-10(5-1)13-14-15(11)16-8-9-4-3-7-12-9/h1-2,5-6,9,12H,3-4,7-8H2/t9-/m0/s1. The number of para-hydroxylation sites is 1. The van der Waals surface area contributed by atoms with Crippen molar-refractivity contribution in [2.24, 2.45) is 0 Å². The third kappa shape index (κ3) is 1.74. The van der Waals surface area contributed by atoms with Gasteiger partial charge in [-0.05, 0) is 36.7 Å². The molecule has 16 heavy (non-hydrogen) atoms. The van der Waals surface area contributed by atoms with Crippen LogP contribution in [0.2, 0.25) is 0 Å². The summed E-state index contributed by atoms with van der Waals surface area (Å²) in [6.45, 7) is 1.74. The van der Waals surface area contributed by atoms with Crippen LogP contribution in [0.5, 0.6) is 0 Å². The van der Waals surface area contributed by atoms with Gasteiger partial charge in [-0.2, -0.15) is 0 Å². The van der Waals surface area contributed by atoms with E-state index in [4.69, 9.17) is 4.84 Å². The number of fused-ring (bicyclic) bond motifs is 1. The van der Waals surface area contributed by atoms with E-state index in [1.165, 1.54) is 17.7 Å². The lowest BCUT2D eigenvalue weighted by Crippen LogP contribution is -2.31. The summed E-state index contributed by atoms with van der Waals surface area (Å²) in [7, 11) is 0. The van der Waals surface area contributed by atoms with Gasteiger partial charge in [0.05, 0.1) is 0 Å². The third-order valence-corrected chi connectivity index (χ3v) is 2.88. The van der Waals surface area contributed by atoms with E-state index in [9.17, 15) is 0 Å². The van der Waals surface area contributed by atoms with Crippen molar-refractivity contribution in [3.8, 4) is 0 Å². The van der Waals surface area contributed by atoms with Gasteiger partial charge in [-0.1, -0.05) is 17.0 Å². The van der Waals surface area contributed by atoms with Crippen molar-refractivity contribution in [3.63, 3.8) is 0 Å². The van der Waals surface area contributed by atoms with Gasteiger partial charge in [0.2, 0.25) is 0 Å². The fraction of sp³-hybridized carbons (Fsp3) is 0.455. The number of nitrogens with zero attached hydrogens (tertiary/aromatic N) is 3. The van der Waals surface area contributed by atoms with Gasteiger partial charge in [-0.15, -0.1) is 5.10 Å². The first-order chi connectivity index (χ1) is 7.93. The van der Waals surface area contributed by atoms with Crippen LogP contribution in [-0.2, 0) is 0 Å². The summed E-state index contributed by atoms with van der Waals surface area (Å²) >= 11 is 0. The normalized spacial score (nSPS) is 20.4. The second-order valence-electron chi connectivity index (χ2n) is 4.04. The molecule has 0 saturated carbocycles. The second-order valence-corrected chi connectivity index (χ2v) is 4.04. The van der Waals surface area contributed by atoms with Crippen molar-refractivity contribution in [2.45, 2.75) is 18.9 Å². The van der Waals surface area contributed by atoms with E-state index in [1.807, 2.05) is 24.3 Å². The lowest BCUT2D eigenvalue weighted by Gasteiger charge is -2.10. The monoisotopic (exact) mass is 218 g/mol. The molecule has 2 aromatic rings. The van der Waals surface area contributed by atoms with Crippen LogP contribution in [0.3, 0.4) is 0 Å². The summed E-state index contributed by atoms with van der Waals surface area (Å²) in [4.78, 5) is 7.13. The van der Waals surface area contributed by atoms with Crippen LogP contribution in [0.1, 0.15) is 12.8 Å². The highest BCUT2D eigenvalue weighted by molar-refractivity contribution is 5.73. The van der Waals surface area contributed by atoms with Gasteiger partial charge in [0.25, 0.3) is 0 Å². The van der Waals surface area contributed by atoms with Crippen molar-refractivity contribution < 1.29 is 4.84 Å². The Labute approximate surface area is 93.3 Å². The number of rotatable bonds is 3. The first-order valence-electron chi connectivity index (χ1n) is 5.60. The zero-order valence-electron chi connectivity index (χ0n) is 8.97. The number of aromatic nitrogens is 3. The molecule has 0 bridgehead atoms. The van der Waals surface area contributed by atoms with Crippen LogP contribution in [0, 0.1) is 0 Å². The Hall–Kier alpha value is -1.62. The Morgan fingerprint density at radius 1 is 1.44 bits per heavy atom. The summed E-state index contributed by atoms with van der Waals surface area (Å²) in [6.07, 6.45) is 2.40. The van der Waals surface area contributed by atoms with Crippen molar-refractivity contribution in [3.05, 3.63) is 24.3 Å². The molecule has 1 aliphatic heterocycles. The Morgan fingerprint density at radius 3 is 3.25 bits per heavy atom. The van der Waals surface area contributed by atoms with Gasteiger partial charge >= 0.3 is 0 Å². The largest absolute Gasteiger partial charge is 0.393 e. The van der Waals surface area contributed by atoms with E-state index in [0.717, 1.165) is 17.6 Å². The predicted octanol–water partition coefficient (Wildman–Crippen LogP) is 0.612. The predicted molar refractivity (Wildman–Crippen MR) is 60.0 cm³/mol. The molecule has 0 amide bonds. The fourth-order valence-electron chi connectivity index (χ4n) is 2.00. The van der Waals surface area contributed by atoms with E-state index >= 15 is 0 Å². The van der Waals surface area contributed by atoms with E-state index in [0.29, 0.717) is 12.6 Å². The molecule has 1 N–H and O–H groups in total. The molecule has 5 heteroatoms. The highest BCUT2D eigenvalue weighted by Crippen LogP contribution is 2.09. The average Bonchev–Trinajstić information content (AvgIpc) is 2.96. The van der Waals surface area contributed by atoms with Crippen molar-refractivity contribution >= 4 is 11.0 Å². The molecule has 3 rings (SSSR count). The van der Waals surface area contributed by atoms with Crippen molar-refractivity contribution in [2.75, 3.05) is 13.2 Å². The summed E-state index contributed by atoms with van der Waals surface area (Å²) < 4.78 is 0. The zero-order valence-corrected chi connectivity index (χ0v) is 8.97. The van der Waals surface area contributed by atoms with Gasteiger partial charge in [0, 0.05) is 6.04 Å². The van der Waals surface area contributed by atoms with Crippen molar-refractivity contribution in [1.82, 2.24) is 20.5 Å². The van der Waals surface area contributed by atoms with Crippen LogP contribution in [0.25, 0.3) is 11.0 Å². The van der Waals surface area contributed by atoms with Crippen molar-refractivity contribution in [1.29, 1.82) is 0 Å². The van der Waals surface area contributed by atoms with Gasteiger partial charge < -0.3 is 10.2 Å². The molecule has 1 atom stereocenters. The maximum atomic E-state index is 5.62. The van der Waals surface area contributed by atoms with Crippen LogP contribution in [0.15, 0.2) is 24.3 Å².